The van der Waals surface area contributed by atoms with Crippen molar-refractivity contribution in [3.05, 3.63) is 18.2 Å². The summed E-state index contributed by atoms with van der Waals surface area (Å²) >= 11 is 0. The highest BCUT2D eigenvalue weighted by molar-refractivity contribution is 6.67. The summed E-state index contributed by atoms with van der Waals surface area (Å²) in [4.78, 5) is 0. The molecule has 1 atom stereocenters. The van der Waals surface area contributed by atoms with Gasteiger partial charge in [-0.25, -0.2) is 5.26 Å². The largest absolute Gasteiger partial charge is 0.497 e. The predicted octanol–water partition coefficient (Wildman–Crippen LogP) is 2.45. The molecule has 1 aromatic carbocycles. The van der Waals surface area contributed by atoms with Gasteiger partial charge in [0.25, 0.3) is 6.71 Å². The Kier molecular flexibility index (Phi) is 3.98. The molecule has 1 aliphatic rings. The Morgan fingerprint density at radius 3 is 2.44 bits per heavy atom. The lowest BCUT2D eigenvalue weighted by molar-refractivity contribution is 0.394. The average molecular weight is 244 g/mol. The van der Waals surface area contributed by atoms with Gasteiger partial charge >= 0.3 is 0 Å². The Bertz CT molecular complexity index is 437. The molecule has 0 radical (unpaired) electrons. The van der Waals surface area contributed by atoms with Crippen LogP contribution < -0.4 is 14.8 Å². The third-order valence-electron chi connectivity index (χ3n) is 3.34. The van der Waals surface area contributed by atoms with Gasteiger partial charge in [0.05, 0.1) is 14.2 Å². The molecule has 0 spiro atoms. The van der Waals surface area contributed by atoms with E-state index in [2.05, 4.69) is 11.3 Å². The second-order valence-electron chi connectivity index (χ2n) is 4.58. The zero-order chi connectivity index (χ0) is 13.0. The second kappa shape index (κ2) is 5.68. The molecular weight excluding hydrogens is 227 g/mol. The van der Waals surface area contributed by atoms with E-state index in [1.807, 2.05) is 18.2 Å². The van der Waals surface area contributed by atoms with Gasteiger partial charge in [0.15, 0.2) is 0 Å². The lowest BCUT2D eigenvalue weighted by Gasteiger charge is -2.15. The minimum Gasteiger partial charge on any atom is -0.497 e. The summed E-state index contributed by atoms with van der Waals surface area (Å²) in [5.41, 5.74) is 0.981. The van der Waals surface area contributed by atoms with Crippen molar-refractivity contribution in [1.29, 1.82) is 5.26 Å². The summed E-state index contributed by atoms with van der Waals surface area (Å²) in [6.45, 7) is 0.190. The quantitative estimate of drug-likeness (QED) is 0.826. The molecule has 1 unspecified atom stereocenters. The van der Waals surface area contributed by atoms with Crippen molar-refractivity contribution in [3.8, 4) is 17.5 Å². The highest BCUT2D eigenvalue weighted by Gasteiger charge is 2.28. The fourth-order valence-corrected chi connectivity index (χ4v) is 2.36. The average Bonchev–Trinajstić information content (AvgIpc) is 2.85. The van der Waals surface area contributed by atoms with Gasteiger partial charge in [-0.15, -0.1) is 0 Å². The molecule has 0 aromatic heterocycles. The molecule has 0 saturated carbocycles. The Morgan fingerprint density at radius 1 is 1.28 bits per heavy atom. The summed E-state index contributed by atoms with van der Waals surface area (Å²) in [6, 6.07) is 6.11. The van der Waals surface area contributed by atoms with Crippen LogP contribution in [0.2, 0.25) is 12.6 Å². The highest BCUT2D eigenvalue weighted by Crippen LogP contribution is 2.29. The first-order valence-corrected chi connectivity index (χ1v) is 6.14. The van der Waals surface area contributed by atoms with Gasteiger partial charge in [0.2, 0.25) is 0 Å². The number of rotatable bonds is 4. The van der Waals surface area contributed by atoms with Crippen LogP contribution in [0, 0.1) is 11.2 Å². The standard InChI is InChI=1S/C13H17BN2O2/c1-17-12-5-11(6-13(7-12)18-2)16-10-3-4-14(8-10)9-15/h5-7,10,16H,3-4,8H2,1-2H3. The van der Waals surface area contributed by atoms with Crippen LogP contribution >= 0.6 is 0 Å². The minimum absolute atomic E-state index is 0.190. The molecule has 0 aliphatic carbocycles. The van der Waals surface area contributed by atoms with E-state index in [4.69, 9.17) is 14.7 Å². The van der Waals surface area contributed by atoms with Gasteiger partial charge in [-0.1, -0.05) is 6.32 Å². The SMILES string of the molecule is COc1cc(NC2CCB(C#N)C2)cc(OC)c1. The number of nitrogens with one attached hydrogen (secondary N) is 1. The fraction of sp³-hybridized carbons (Fsp3) is 0.462. The predicted molar refractivity (Wildman–Crippen MR) is 72.6 cm³/mol. The van der Waals surface area contributed by atoms with Gasteiger partial charge in [-0.2, -0.15) is 0 Å². The van der Waals surface area contributed by atoms with Crippen LogP contribution in [-0.2, 0) is 0 Å². The van der Waals surface area contributed by atoms with Crippen molar-refractivity contribution in [2.45, 2.75) is 25.1 Å². The molecule has 4 nitrogen and oxygen atoms in total. The van der Waals surface area contributed by atoms with E-state index < -0.39 is 0 Å². The van der Waals surface area contributed by atoms with E-state index in [1.165, 1.54) is 0 Å². The Labute approximate surface area is 108 Å². The highest BCUT2D eigenvalue weighted by atomic mass is 16.5. The van der Waals surface area contributed by atoms with Crippen molar-refractivity contribution in [2.75, 3.05) is 19.5 Å². The zero-order valence-corrected chi connectivity index (χ0v) is 10.8. The van der Waals surface area contributed by atoms with E-state index in [1.54, 1.807) is 14.2 Å². The summed E-state index contributed by atoms with van der Waals surface area (Å²) in [5, 5.41) is 12.3. The van der Waals surface area contributed by atoms with Crippen LogP contribution in [0.25, 0.3) is 0 Å². The number of hydrogen-bond donors (Lipinski definition) is 1. The van der Waals surface area contributed by atoms with Gasteiger partial charge in [0, 0.05) is 35.9 Å². The first kappa shape index (κ1) is 12.6. The number of nitriles is 1. The number of hydrogen-bond acceptors (Lipinski definition) is 4. The number of ether oxygens (including phenoxy) is 2. The van der Waals surface area contributed by atoms with Crippen LogP contribution in [0.1, 0.15) is 6.42 Å². The number of nitrogens with zero attached hydrogens (tertiary/aromatic N) is 1. The zero-order valence-electron chi connectivity index (χ0n) is 10.8. The Morgan fingerprint density at radius 2 is 1.94 bits per heavy atom. The smallest absolute Gasteiger partial charge is 0.269 e. The molecule has 1 aromatic rings. The van der Waals surface area contributed by atoms with E-state index >= 15 is 0 Å². The number of methoxy groups -OCH3 is 2. The van der Waals surface area contributed by atoms with Crippen molar-refractivity contribution in [1.82, 2.24) is 0 Å². The third kappa shape index (κ3) is 2.89. The van der Waals surface area contributed by atoms with Crippen molar-refractivity contribution < 1.29 is 9.47 Å². The fourth-order valence-electron chi connectivity index (χ4n) is 2.36. The summed E-state index contributed by atoms with van der Waals surface area (Å²) in [6.07, 6.45) is 2.93. The van der Waals surface area contributed by atoms with Gasteiger partial charge in [0.1, 0.15) is 11.5 Å². The molecule has 0 bridgehead atoms. The molecule has 1 fully saturated rings. The van der Waals surface area contributed by atoms with Gasteiger partial charge < -0.3 is 14.8 Å². The van der Waals surface area contributed by atoms with E-state index in [0.29, 0.717) is 6.04 Å². The lowest BCUT2D eigenvalue weighted by atomic mass is 9.50. The van der Waals surface area contributed by atoms with E-state index in [9.17, 15) is 0 Å². The van der Waals surface area contributed by atoms with Gasteiger partial charge in [-0.3, -0.25) is 0 Å². The molecule has 1 heterocycles. The maximum Gasteiger partial charge on any atom is 0.269 e. The topological polar surface area (TPSA) is 54.3 Å². The van der Waals surface area contributed by atoms with Crippen molar-refractivity contribution in [2.24, 2.45) is 0 Å². The molecule has 94 valence electrons. The molecule has 2 rings (SSSR count). The van der Waals surface area contributed by atoms with Crippen LogP contribution in [0.4, 0.5) is 5.69 Å². The normalized spacial score (nSPS) is 18.3. The molecule has 5 heteroatoms. The minimum atomic E-state index is 0.190. The number of anilines is 1. The molecular formula is C13H17BN2O2. The molecule has 18 heavy (non-hydrogen) atoms. The summed E-state index contributed by atoms with van der Waals surface area (Å²) in [5.74, 6) is 3.88. The second-order valence-corrected chi connectivity index (χ2v) is 4.58. The van der Waals surface area contributed by atoms with Crippen LogP contribution in [0.5, 0.6) is 11.5 Å². The maximum absolute atomic E-state index is 8.90. The third-order valence-corrected chi connectivity index (χ3v) is 3.34. The van der Waals surface area contributed by atoms with Gasteiger partial charge in [-0.05, 0) is 12.7 Å². The molecule has 1 N–H and O–H groups in total. The van der Waals surface area contributed by atoms with Crippen LogP contribution in [-0.4, -0.2) is 27.0 Å². The Hall–Kier alpha value is -1.83. The summed E-state index contributed by atoms with van der Waals surface area (Å²) in [7, 11) is 3.28. The Balaban J connectivity index is 2.07. The van der Waals surface area contributed by atoms with E-state index in [-0.39, 0.29) is 6.71 Å². The molecule has 0 amide bonds. The maximum atomic E-state index is 8.90. The first-order chi connectivity index (χ1) is 8.75. The van der Waals surface area contributed by atoms with E-state index in [0.717, 1.165) is 36.2 Å². The molecule has 1 saturated heterocycles. The number of benzene rings is 1. The van der Waals surface area contributed by atoms with Crippen molar-refractivity contribution >= 4 is 12.4 Å². The monoisotopic (exact) mass is 244 g/mol. The van der Waals surface area contributed by atoms with Crippen molar-refractivity contribution in [3.63, 3.8) is 0 Å². The summed E-state index contributed by atoms with van der Waals surface area (Å²) < 4.78 is 10.5. The lowest BCUT2D eigenvalue weighted by Crippen LogP contribution is -2.16. The van der Waals surface area contributed by atoms with Crippen LogP contribution in [0.3, 0.4) is 0 Å². The molecule has 1 aliphatic heterocycles. The van der Waals surface area contributed by atoms with Crippen LogP contribution in [0.15, 0.2) is 18.2 Å². The first-order valence-electron chi connectivity index (χ1n) is 6.14.